The second kappa shape index (κ2) is 6.20. The average Bonchev–Trinajstić information content (AvgIpc) is 2.92. The molecule has 0 spiro atoms. The molecule has 0 amide bonds. The summed E-state index contributed by atoms with van der Waals surface area (Å²) in [4.78, 5) is 0. The first-order valence-electron chi connectivity index (χ1n) is 5.65. The Morgan fingerprint density at radius 3 is 2.79 bits per heavy atom. The molecule has 14 heavy (non-hydrogen) atoms. The fraction of sp³-hybridized carbons (Fsp3) is 0.833. The molecule has 1 aliphatic carbocycles. The third kappa shape index (κ3) is 5.40. The molecule has 1 saturated carbocycles. The highest BCUT2D eigenvalue weighted by atomic mass is 16.5. The van der Waals surface area contributed by atoms with Gasteiger partial charge in [-0.05, 0) is 39.0 Å². The van der Waals surface area contributed by atoms with Crippen LogP contribution in [0.25, 0.3) is 0 Å². The molecular weight excluding hydrogens is 174 g/mol. The van der Waals surface area contributed by atoms with E-state index in [2.05, 4.69) is 18.8 Å². The first-order chi connectivity index (χ1) is 6.70. The van der Waals surface area contributed by atoms with Gasteiger partial charge in [0, 0.05) is 12.6 Å². The molecule has 1 N–H and O–H groups in total. The van der Waals surface area contributed by atoms with Gasteiger partial charge < -0.3 is 10.1 Å². The fourth-order valence-electron chi connectivity index (χ4n) is 1.47. The van der Waals surface area contributed by atoms with E-state index in [4.69, 9.17) is 4.74 Å². The third-order valence-electron chi connectivity index (χ3n) is 2.72. The Labute approximate surface area is 87.7 Å². The van der Waals surface area contributed by atoms with Crippen molar-refractivity contribution in [2.24, 2.45) is 5.92 Å². The maximum atomic E-state index is 5.47. The Hall–Kier alpha value is -0.340. The summed E-state index contributed by atoms with van der Waals surface area (Å²) in [6, 6.07) is 0.680. The van der Waals surface area contributed by atoms with Crippen LogP contribution >= 0.6 is 0 Å². The van der Waals surface area contributed by atoms with Crippen LogP contribution in [-0.2, 0) is 4.74 Å². The SMILES string of the molecule is C=C(C)CCOCCNC(C)C1CC1. The van der Waals surface area contributed by atoms with Crippen LogP contribution in [0, 0.1) is 5.92 Å². The van der Waals surface area contributed by atoms with Crippen LogP contribution < -0.4 is 5.32 Å². The molecule has 1 atom stereocenters. The van der Waals surface area contributed by atoms with Gasteiger partial charge in [-0.3, -0.25) is 0 Å². The zero-order valence-corrected chi connectivity index (χ0v) is 9.51. The van der Waals surface area contributed by atoms with E-state index in [0.717, 1.165) is 32.1 Å². The van der Waals surface area contributed by atoms with Crippen molar-refractivity contribution in [1.82, 2.24) is 5.32 Å². The number of hydrogen-bond acceptors (Lipinski definition) is 2. The van der Waals surface area contributed by atoms with Gasteiger partial charge in [0.25, 0.3) is 0 Å². The van der Waals surface area contributed by atoms with Crippen LogP contribution in [0.2, 0.25) is 0 Å². The van der Waals surface area contributed by atoms with Crippen molar-refractivity contribution in [3.8, 4) is 0 Å². The normalized spacial score (nSPS) is 18.1. The first kappa shape index (κ1) is 11.7. The smallest absolute Gasteiger partial charge is 0.0591 e. The van der Waals surface area contributed by atoms with Gasteiger partial charge in [0.05, 0.1) is 13.2 Å². The molecule has 0 saturated heterocycles. The second-order valence-corrected chi connectivity index (χ2v) is 4.40. The maximum Gasteiger partial charge on any atom is 0.0591 e. The predicted octanol–water partition coefficient (Wildman–Crippen LogP) is 2.36. The van der Waals surface area contributed by atoms with Crippen LogP contribution in [0.4, 0.5) is 0 Å². The van der Waals surface area contributed by atoms with E-state index in [1.54, 1.807) is 0 Å². The van der Waals surface area contributed by atoms with Crippen LogP contribution in [0.5, 0.6) is 0 Å². The van der Waals surface area contributed by atoms with Gasteiger partial charge >= 0.3 is 0 Å². The standard InChI is InChI=1S/C12H23NO/c1-10(2)6-8-14-9-7-13-11(3)12-4-5-12/h11-13H,1,4-9H2,2-3H3. The van der Waals surface area contributed by atoms with Gasteiger partial charge in [-0.15, -0.1) is 6.58 Å². The minimum atomic E-state index is 0.680. The highest BCUT2D eigenvalue weighted by Crippen LogP contribution is 2.32. The van der Waals surface area contributed by atoms with E-state index < -0.39 is 0 Å². The lowest BCUT2D eigenvalue weighted by molar-refractivity contribution is 0.136. The molecule has 0 heterocycles. The molecule has 1 rings (SSSR count). The van der Waals surface area contributed by atoms with Crippen LogP contribution in [0.1, 0.15) is 33.1 Å². The van der Waals surface area contributed by atoms with Crippen molar-refractivity contribution in [2.75, 3.05) is 19.8 Å². The van der Waals surface area contributed by atoms with Crippen LogP contribution in [0.15, 0.2) is 12.2 Å². The molecule has 2 heteroatoms. The van der Waals surface area contributed by atoms with E-state index in [9.17, 15) is 0 Å². The van der Waals surface area contributed by atoms with Gasteiger partial charge in [0.1, 0.15) is 0 Å². The Bertz CT molecular complexity index is 175. The average molecular weight is 197 g/mol. The zero-order chi connectivity index (χ0) is 10.4. The summed E-state index contributed by atoms with van der Waals surface area (Å²) in [7, 11) is 0. The third-order valence-corrected chi connectivity index (χ3v) is 2.72. The minimum Gasteiger partial charge on any atom is -0.380 e. The van der Waals surface area contributed by atoms with Crippen molar-refractivity contribution < 1.29 is 4.74 Å². The highest BCUT2D eigenvalue weighted by molar-refractivity contribution is 4.87. The summed E-state index contributed by atoms with van der Waals surface area (Å²) < 4.78 is 5.47. The fourth-order valence-corrected chi connectivity index (χ4v) is 1.47. The van der Waals surface area contributed by atoms with Gasteiger partial charge in [-0.2, -0.15) is 0 Å². The topological polar surface area (TPSA) is 21.3 Å². The summed E-state index contributed by atoms with van der Waals surface area (Å²) in [5.74, 6) is 0.936. The molecule has 0 radical (unpaired) electrons. The Balaban J connectivity index is 1.81. The molecule has 1 aliphatic rings. The molecular formula is C12H23NO. The number of ether oxygens (including phenoxy) is 1. The summed E-state index contributed by atoms with van der Waals surface area (Å²) in [6.45, 7) is 10.8. The Morgan fingerprint density at radius 1 is 1.50 bits per heavy atom. The number of rotatable bonds is 8. The zero-order valence-electron chi connectivity index (χ0n) is 9.51. The van der Waals surface area contributed by atoms with E-state index in [-0.39, 0.29) is 0 Å². The quantitative estimate of drug-likeness (QED) is 0.476. The monoisotopic (exact) mass is 197 g/mol. The van der Waals surface area contributed by atoms with Crippen molar-refractivity contribution in [3.63, 3.8) is 0 Å². The maximum absolute atomic E-state index is 5.47. The molecule has 0 aliphatic heterocycles. The minimum absolute atomic E-state index is 0.680. The molecule has 0 aromatic rings. The molecule has 1 unspecified atom stereocenters. The van der Waals surface area contributed by atoms with Gasteiger partial charge in [0.2, 0.25) is 0 Å². The van der Waals surface area contributed by atoms with E-state index in [1.807, 2.05) is 6.92 Å². The summed E-state index contributed by atoms with van der Waals surface area (Å²) in [6.07, 6.45) is 3.80. The number of nitrogens with one attached hydrogen (secondary N) is 1. The highest BCUT2D eigenvalue weighted by Gasteiger charge is 2.26. The van der Waals surface area contributed by atoms with Crippen LogP contribution in [-0.4, -0.2) is 25.8 Å². The van der Waals surface area contributed by atoms with Gasteiger partial charge in [-0.1, -0.05) is 5.57 Å². The van der Waals surface area contributed by atoms with Gasteiger partial charge in [-0.25, -0.2) is 0 Å². The van der Waals surface area contributed by atoms with Crippen molar-refractivity contribution in [2.45, 2.75) is 39.2 Å². The second-order valence-electron chi connectivity index (χ2n) is 4.40. The summed E-state index contributed by atoms with van der Waals surface area (Å²) in [5.41, 5.74) is 1.20. The summed E-state index contributed by atoms with van der Waals surface area (Å²) in [5, 5.41) is 3.49. The lowest BCUT2D eigenvalue weighted by Crippen LogP contribution is -2.31. The lowest BCUT2D eigenvalue weighted by atomic mass is 10.2. The summed E-state index contributed by atoms with van der Waals surface area (Å²) >= 11 is 0. The van der Waals surface area contributed by atoms with E-state index >= 15 is 0 Å². The predicted molar refractivity (Wildman–Crippen MR) is 60.4 cm³/mol. The lowest BCUT2D eigenvalue weighted by Gasteiger charge is -2.12. The molecule has 2 nitrogen and oxygen atoms in total. The molecule has 0 aromatic carbocycles. The largest absolute Gasteiger partial charge is 0.380 e. The van der Waals surface area contributed by atoms with Crippen molar-refractivity contribution in [3.05, 3.63) is 12.2 Å². The van der Waals surface area contributed by atoms with Crippen molar-refractivity contribution in [1.29, 1.82) is 0 Å². The molecule has 0 bridgehead atoms. The van der Waals surface area contributed by atoms with Crippen LogP contribution in [0.3, 0.4) is 0 Å². The van der Waals surface area contributed by atoms with E-state index in [0.29, 0.717) is 6.04 Å². The molecule has 1 fully saturated rings. The van der Waals surface area contributed by atoms with Crippen molar-refractivity contribution >= 4 is 0 Å². The molecule has 82 valence electrons. The number of hydrogen-bond donors (Lipinski definition) is 1. The Morgan fingerprint density at radius 2 is 2.21 bits per heavy atom. The first-order valence-corrected chi connectivity index (χ1v) is 5.65. The Kier molecular flexibility index (Phi) is 5.20. The van der Waals surface area contributed by atoms with Gasteiger partial charge in [0.15, 0.2) is 0 Å². The van der Waals surface area contributed by atoms with E-state index in [1.165, 1.54) is 18.4 Å². The molecule has 0 aromatic heterocycles.